The smallest absolute Gasteiger partial charge is 0.308 e. The van der Waals surface area contributed by atoms with Gasteiger partial charge < -0.3 is 19.7 Å². The highest BCUT2D eigenvalue weighted by Gasteiger charge is 2.14. The fourth-order valence-corrected chi connectivity index (χ4v) is 3.02. The van der Waals surface area contributed by atoms with Crippen molar-refractivity contribution in [2.45, 2.75) is 20.0 Å². The van der Waals surface area contributed by atoms with Gasteiger partial charge in [0.1, 0.15) is 19.3 Å². The number of carbonyl (C=O) groups is 1. The maximum atomic E-state index is 11.2. The lowest BCUT2D eigenvalue weighted by Crippen LogP contribution is -2.26. The number of aliphatic hydroxyl groups excluding tert-OH is 1. The molecule has 1 atom stereocenters. The number of aliphatic hydroxyl groups is 1. The van der Waals surface area contributed by atoms with Crippen LogP contribution in [0.1, 0.15) is 13.8 Å². The van der Waals surface area contributed by atoms with Crippen LogP contribution in [0.4, 0.5) is 0 Å². The third-order valence-corrected chi connectivity index (χ3v) is 3.76. The summed E-state index contributed by atoms with van der Waals surface area (Å²) in [4.78, 5) is 11.2. The molecule has 0 aliphatic heterocycles. The largest absolute Gasteiger partial charge is 0.504 e. The first-order valence-corrected chi connectivity index (χ1v) is 8.12. The van der Waals surface area contributed by atoms with Gasteiger partial charge in [0.15, 0.2) is 11.5 Å². The number of esters is 1. The Morgan fingerprint density at radius 3 is 2.55 bits per heavy atom. The third-order valence-electron chi connectivity index (χ3n) is 2.31. The second-order valence-corrected chi connectivity index (χ2v) is 6.89. The lowest BCUT2D eigenvalue weighted by Gasteiger charge is -2.15. The molecule has 1 aromatic rings. The van der Waals surface area contributed by atoms with Crippen LogP contribution in [0.2, 0.25) is 0 Å². The van der Waals surface area contributed by atoms with Crippen molar-refractivity contribution in [1.29, 1.82) is 0 Å². The average Bonchev–Trinajstić information content (AvgIpc) is 2.38. The number of ether oxygens (including phenoxy) is 2. The summed E-state index contributed by atoms with van der Waals surface area (Å²) >= 11 is 4.11. The number of phenols is 1. The molecule has 112 valence electrons. The van der Waals surface area contributed by atoms with Gasteiger partial charge >= 0.3 is 5.97 Å². The first-order chi connectivity index (χ1) is 9.31. The molecule has 0 aliphatic carbocycles. The molecule has 0 heterocycles. The number of halogens is 2. The van der Waals surface area contributed by atoms with E-state index in [0.29, 0.717) is 9.32 Å². The van der Waals surface area contributed by atoms with Gasteiger partial charge in [-0.2, -0.15) is 0 Å². The van der Waals surface area contributed by atoms with E-state index in [1.54, 1.807) is 19.9 Å². The van der Waals surface area contributed by atoms with E-state index in [1.807, 2.05) is 28.7 Å². The second-order valence-electron chi connectivity index (χ2n) is 4.48. The average molecular weight is 506 g/mol. The van der Waals surface area contributed by atoms with E-state index in [4.69, 9.17) is 9.47 Å². The molecule has 1 rings (SSSR count). The quantitative estimate of drug-likeness (QED) is 0.459. The van der Waals surface area contributed by atoms with Crippen LogP contribution in [0.5, 0.6) is 11.5 Å². The maximum Gasteiger partial charge on any atom is 0.308 e. The molecule has 0 bridgehead atoms. The molecule has 0 saturated heterocycles. The lowest BCUT2D eigenvalue weighted by molar-refractivity contribution is -0.150. The lowest BCUT2D eigenvalue weighted by atomic mass is 10.2. The molecule has 7 heteroatoms. The summed E-state index contributed by atoms with van der Waals surface area (Å²) in [5.41, 5.74) is 0. The first-order valence-electron chi connectivity index (χ1n) is 5.96. The van der Waals surface area contributed by atoms with Crippen LogP contribution in [0.15, 0.2) is 12.1 Å². The summed E-state index contributed by atoms with van der Waals surface area (Å²) in [5, 5.41) is 19.5. The zero-order chi connectivity index (χ0) is 15.3. The molecule has 0 spiro atoms. The van der Waals surface area contributed by atoms with E-state index >= 15 is 0 Å². The molecule has 5 nitrogen and oxygen atoms in total. The highest BCUT2D eigenvalue weighted by Crippen LogP contribution is 2.33. The Morgan fingerprint density at radius 1 is 1.30 bits per heavy atom. The van der Waals surface area contributed by atoms with Crippen LogP contribution < -0.4 is 4.74 Å². The van der Waals surface area contributed by atoms with E-state index in [2.05, 4.69) is 22.6 Å². The van der Waals surface area contributed by atoms with Gasteiger partial charge in [-0.15, -0.1) is 0 Å². The molecule has 0 aromatic heterocycles. The van der Waals surface area contributed by atoms with E-state index < -0.39 is 6.10 Å². The van der Waals surface area contributed by atoms with Gasteiger partial charge in [-0.05, 0) is 57.3 Å². The zero-order valence-corrected chi connectivity index (χ0v) is 15.4. The van der Waals surface area contributed by atoms with Gasteiger partial charge in [-0.3, -0.25) is 4.79 Å². The van der Waals surface area contributed by atoms with Crippen LogP contribution in [0.25, 0.3) is 0 Å². The van der Waals surface area contributed by atoms with E-state index in [-0.39, 0.29) is 30.9 Å². The molecule has 0 radical (unpaired) electrons. The van der Waals surface area contributed by atoms with Crippen molar-refractivity contribution in [2.24, 2.45) is 5.92 Å². The highest BCUT2D eigenvalue weighted by atomic mass is 127. The van der Waals surface area contributed by atoms with Crippen LogP contribution >= 0.6 is 45.2 Å². The number of hydrogen-bond donors (Lipinski definition) is 2. The summed E-state index contributed by atoms with van der Waals surface area (Å²) in [7, 11) is 0. The minimum atomic E-state index is -0.937. The molecular weight excluding hydrogens is 490 g/mol. The zero-order valence-electron chi connectivity index (χ0n) is 11.1. The van der Waals surface area contributed by atoms with Crippen molar-refractivity contribution in [1.82, 2.24) is 0 Å². The summed E-state index contributed by atoms with van der Waals surface area (Å²) in [6.07, 6.45) is -0.937. The Balaban J connectivity index is 2.49. The van der Waals surface area contributed by atoms with Gasteiger partial charge in [0.25, 0.3) is 0 Å². The fraction of sp³-hybridized carbons (Fsp3) is 0.462. The number of rotatable bonds is 6. The normalized spacial score (nSPS) is 12.3. The van der Waals surface area contributed by atoms with Crippen LogP contribution in [-0.4, -0.2) is 35.5 Å². The number of benzene rings is 1. The van der Waals surface area contributed by atoms with Gasteiger partial charge in [0.05, 0.1) is 9.49 Å². The van der Waals surface area contributed by atoms with Crippen LogP contribution in [0.3, 0.4) is 0 Å². The standard InChI is InChI=1S/C13H16I2O5/c1-7(2)13(18)20-6-9(16)5-19-11-4-8(14)3-10(15)12(11)17/h3-4,7,9,16-17H,5-6H2,1-2H3. The number of hydrogen-bond acceptors (Lipinski definition) is 5. The SMILES string of the molecule is CC(C)C(=O)OCC(O)COc1cc(I)cc(I)c1O. The third kappa shape index (κ3) is 5.60. The molecular formula is C13H16I2O5. The Morgan fingerprint density at radius 2 is 1.95 bits per heavy atom. The van der Waals surface area contributed by atoms with E-state index in [0.717, 1.165) is 3.57 Å². The minimum absolute atomic E-state index is 0.0393. The van der Waals surface area contributed by atoms with Gasteiger partial charge in [0.2, 0.25) is 0 Å². The van der Waals surface area contributed by atoms with Gasteiger partial charge in [-0.1, -0.05) is 13.8 Å². The fourth-order valence-electron chi connectivity index (χ4n) is 1.23. The topological polar surface area (TPSA) is 76.0 Å². The molecule has 20 heavy (non-hydrogen) atoms. The molecule has 0 aliphatic rings. The van der Waals surface area contributed by atoms with E-state index in [9.17, 15) is 15.0 Å². The summed E-state index contributed by atoms with van der Waals surface area (Å²) in [6, 6.07) is 3.48. The van der Waals surface area contributed by atoms with Gasteiger partial charge in [0, 0.05) is 3.57 Å². The summed E-state index contributed by atoms with van der Waals surface area (Å²) in [6.45, 7) is 3.25. The molecule has 1 aromatic carbocycles. The first kappa shape index (κ1) is 17.8. The Kier molecular flexibility index (Phi) is 7.30. The predicted octanol–water partition coefficient (Wildman–Crippen LogP) is 2.54. The van der Waals surface area contributed by atoms with Crippen LogP contribution in [-0.2, 0) is 9.53 Å². The van der Waals surface area contributed by atoms with Crippen molar-refractivity contribution < 1.29 is 24.5 Å². The second kappa shape index (κ2) is 8.23. The summed E-state index contributed by atoms with van der Waals surface area (Å²) in [5.74, 6) is -0.256. The van der Waals surface area contributed by atoms with Gasteiger partial charge in [-0.25, -0.2) is 0 Å². The molecule has 2 N–H and O–H groups in total. The molecule has 0 amide bonds. The van der Waals surface area contributed by atoms with Crippen molar-refractivity contribution in [3.8, 4) is 11.5 Å². The molecule has 0 saturated carbocycles. The Bertz CT molecular complexity index is 476. The van der Waals surface area contributed by atoms with E-state index in [1.165, 1.54) is 0 Å². The van der Waals surface area contributed by atoms with Crippen molar-refractivity contribution in [3.63, 3.8) is 0 Å². The van der Waals surface area contributed by atoms with Crippen molar-refractivity contribution >= 4 is 51.2 Å². The maximum absolute atomic E-state index is 11.2. The van der Waals surface area contributed by atoms with Crippen LogP contribution in [0, 0.1) is 13.1 Å². The predicted molar refractivity (Wildman–Crippen MR) is 90.8 cm³/mol. The van der Waals surface area contributed by atoms with Crippen molar-refractivity contribution in [2.75, 3.05) is 13.2 Å². The van der Waals surface area contributed by atoms with Crippen molar-refractivity contribution in [3.05, 3.63) is 19.3 Å². The monoisotopic (exact) mass is 506 g/mol. The Labute approximate surface area is 144 Å². The molecule has 1 unspecified atom stereocenters. The Hall–Kier alpha value is -0.290. The molecule has 0 fully saturated rings. The number of carbonyl (C=O) groups excluding carboxylic acids is 1. The minimum Gasteiger partial charge on any atom is -0.504 e. The highest BCUT2D eigenvalue weighted by molar-refractivity contribution is 14.1. The number of aromatic hydroxyl groups is 1. The number of phenolic OH excluding ortho intramolecular Hbond substituents is 1. The summed E-state index contributed by atoms with van der Waals surface area (Å²) < 4.78 is 11.8.